The summed E-state index contributed by atoms with van der Waals surface area (Å²) >= 11 is 0. The van der Waals surface area contributed by atoms with Crippen molar-refractivity contribution >= 4 is 12.4 Å². The molecule has 1 aliphatic heterocycles. The van der Waals surface area contributed by atoms with Gasteiger partial charge in [-0.15, -0.1) is 12.4 Å². The zero-order chi connectivity index (χ0) is 11.5. The predicted octanol–water partition coefficient (Wildman–Crippen LogP) is 1.21. The third kappa shape index (κ3) is 2.66. The third-order valence-corrected chi connectivity index (χ3v) is 2.58. The summed E-state index contributed by atoms with van der Waals surface area (Å²) in [5, 5.41) is 7.16. The molecule has 2 aromatic heterocycles. The van der Waals surface area contributed by atoms with E-state index in [4.69, 9.17) is 9.26 Å². The van der Waals surface area contributed by atoms with Crippen LogP contribution in [0.25, 0.3) is 11.4 Å². The minimum atomic E-state index is -0.146. The van der Waals surface area contributed by atoms with Gasteiger partial charge in [0.2, 0.25) is 5.82 Å². The Bertz CT molecular complexity index is 485. The first-order valence-corrected chi connectivity index (χ1v) is 5.50. The number of hydrogen-bond donors (Lipinski definition) is 1. The van der Waals surface area contributed by atoms with E-state index >= 15 is 0 Å². The Balaban J connectivity index is 0.00000120. The zero-order valence-electron chi connectivity index (χ0n) is 9.57. The third-order valence-electron chi connectivity index (χ3n) is 2.58. The molecule has 0 aromatic carbocycles. The lowest BCUT2D eigenvalue weighted by atomic mass is 10.2. The van der Waals surface area contributed by atoms with E-state index in [1.165, 1.54) is 0 Å². The largest absolute Gasteiger partial charge is 0.366 e. The van der Waals surface area contributed by atoms with Crippen LogP contribution in [0.4, 0.5) is 0 Å². The Kier molecular flexibility index (Phi) is 4.24. The number of hydrogen-bond acceptors (Lipinski definition) is 6. The molecule has 0 spiro atoms. The van der Waals surface area contributed by atoms with Crippen LogP contribution < -0.4 is 5.32 Å². The summed E-state index contributed by atoms with van der Waals surface area (Å²) in [5.74, 6) is 1.08. The van der Waals surface area contributed by atoms with Crippen LogP contribution in [0.3, 0.4) is 0 Å². The van der Waals surface area contributed by atoms with Gasteiger partial charge in [0.25, 0.3) is 5.89 Å². The monoisotopic (exact) mass is 268 g/mol. The maximum atomic E-state index is 5.54. The van der Waals surface area contributed by atoms with Gasteiger partial charge in [0.05, 0.1) is 6.61 Å². The van der Waals surface area contributed by atoms with E-state index in [0.29, 0.717) is 24.9 Å². The molecular formula is C11H13ClN4O2. The van der Waals surface area contributed by atoms with Crippen LogP contribution in [-0.2, 0) is 4.74 Å². The maximum Gasteiger partial charge on any atom is 0.257 e. The highest BCUT2D eigenvalue weighted by Crippen LogP contribution is 2.20. The van der Waals surface area contributed by atoms with Crippen LogP contribution >= 0.6 is 12.4 Å². The molecule has 3 heterocycles. The van der Waals surface area contributed by atoms with Crippen LogP contribution in [0.1, 0.15) is 12.0 Å². The fourth-order valence-electron chi connectivity index (χ4n) is 1.71. The normalized spacial score (nSPS) is 19.2. The topological polar surface area (TPSA) is 73.1 Å². The van der Waals surface area contributed by atoms with E-state index in [9.17, 15) is 0 Å². The van der Waals surface area contributed by atoms with E-state index in [1.807, 2.05) is 12.1 Å². The molecule has 6 nitrogen and oxygen atoms in total. The van der Waals surface area contributed by atoms with Crippen LogP contribution in [0.2, 0.25) is 0 Å². The Hall–Kier alpha value is -1.50. The molecule has 96 valence electrons. The number of nitrogens with zero attached hydrogens (tertiary/aromatic N) is 3. The van der Waals surface area contributed by atoms with Crippen molar-refractivity contribution in [3.8, 4) is 11.4 Å². The number of ether oxygens (including phenoxy) is 1. The second-order valence-corrected chi connectivity index (χ2v) is 3.76. The fraction of sp³-hybridized carbons (Fsp3) is 0.364. The van der Waals surface area contributed by atoms with Crippen molar-refractivity contribution in [1.29, 1.82) is 0 Å². The van der Waals surface area contributed by atoms with Gasteiger partial charge in [0, 0.05) is 31.0 Å². The van der Waals surface area contributed by atoms with Crippen molar-refractivity contribution in [2.45, 2.75) is 6.10 Å². The average Bonchev–Trinajstić information content (AvgIpc) is 2.90. The van der Waals surface area contributed by atoms with Gasteiger partial charge in [-0.05, 0) is 12.1 Å². The van der Waals surface area contributed by atoms with Gasteiger partial charge in [-0.2, -0.15) is 4.98 Å². The molecular weight excluding hydrogens is 256 g/mol. The van der Waals surface area contributed by atoms with Gasteiger partial charge >= 0.3 is 0 Å². The Labute approximate surface area is 110 Å². The van der Waals surface area contributed by atoms with E-state index in [-0.39, 0.29) is 18.5 Å². The van der Waals surface area contributed by atoms with Crippen molar-refractivity contribution in [1.82, 2.24) is 20.4 Å². The van der Waals surface area contributed by atoms with Crippen LogP contribution in [0.15, 0.2) is 29.0 Å². The van der Waals surface area contributed by atoms with Gasteiger partial charge in [-0.3, -0.25) is 4.98 Å². The van der Waals surface area contributed by atoms with E-state index in [1.54, 1.807) is 12.4 Å². The quantitative estimate of drug-likeness (QED) is 0.883. The van der Waals surface area contributed by atoms with E-state index in [2.05, 4.69) is 20.4 Å². The van der Waals surface area contributed by atoms with E-state index < -0.39 is 0 Å². The molecule has 0 bridgehead atoms. The predicted molar refractivity (Wildman–Crippen MR) is 66.3 cm³/mol. The van der Waals surface area contributed by atoms with Crippen molar-refractivity contribution in [2.75, 3.05) is 19.7 Å². The summed E-state index contributed by atoms with van der Waals surface area (Å²) in [4.78, 5) is 8.28. The molecule has 2 aromatic rings. The molecule has 1 atom stereocenters. The summed E-state index contributed by atoms with van der Waals surface area (Å²) in [6, 6.07) is 3.68. The Morgan fingerprint density at radius 1 is 1.28 bits per heavy atom. The minimum Gasteiger partial charge on any atom is -0.366 e. The van der Waals surface area contributed by atoms with Gasteiger partial charge in [0.1, 0.15) is 6.10 Å². The number of morpholine rings is 1. The highest BCUT2D eigenvalue weighted by molar-refractivity contribution is 5.85. The highest BCUT2D eigenvalue weighted by atomic mass is 35.5. The number of pyridine rings is 1. The average molecular weight is 269 g/mol. The van der Waals surface area contributed by atoms with Crippen molar-refractivity contribution in [3.05, 3.63) is 30.4 Å². The molecule has 3 rings (SSSR count). The molecule has 0 aliphatic carbocycles. The van der Waals surface area contributed by atoms with Crippen LogP contribution in [0.5, 0.6) is 0 Å². The van der Waals surface area contributed by atoms with Crippen LogP contribution in [-0.4, -0.2) is 34.8 Å². The molecule has 1 aliphatic rings. The SMILES string of the molecule is Cl.c1cc(-c2noc(C3CNCCO3)n2)ccn1. The first-order chi connectivity index (χ1) is 8.43. The standard InChI is InChI=1S/C11H12N4O2.ClH/c1-3-12-4-2-8(1)10-14-11(17-15-10)9-7-13-5-6-16-9;/h1-4,9,13H,5-7H2;1H. The summed E-state index contributed by atoms with van der Waals surface area (Å²) in [7, 11) is 0. The van der Waals surface area contributed by atoms with E-state index in [0.717, 1.165) is 12.1 Å². The summed E-state index contributed by atoms with van der Waals surface area (Å²) in [6.45, 7) is 2.23. The fourth-order valence-corrected chi connectivity index (χ4v) is 1.71. The number of halogens is 1. The molecule has 18 heavy (non-hydrogen) atoms. The number of nitrogens with one attached hydrogen (secondary N) is 1. The zero-order valence-corrected chi connectivity index (χ0v) is 10.4. The van der Waals surface area contributed by atoms with Gasteiger partial charge in [-0.1, -0.05) is 5.16 Å². The van der Waals surface area contributed by atoms with Crippen molar-refractivity contribution in [3.63, 3.8) is 0 Å². The molecule has 1 unspecified atom stereocenters. The van der Waals surface area contributed by atoms with Gasteiger partial charge in [-0.25, -0.2) is 0 Å². The second kappa shape index (κ2) is 5.90. The number of rotatable bonds is 2. The molecule has 1 N–H and O–H groups in total. The lowest BCUT2D eigenvalue weighted by Crippen LogP contribution is -2.33. The second-order valence-electron chi connectivity index (χ2n) is 3.76. The first-order valence-electron chi connectivity index (χ1n) is 5.50. The maximum absolute atomic E-state index is 5.54. The summed E-state index contributed by atoms with van der Waals surface area (Å²) < 4.78 is 10.8. The van der Waals surface area contributed by atoms with Gasteiger partial charge in [0.15, 0.2) is 0 Å². The lowest BCUT2D eigenvalue weighted by Gasteiger charge is -2.19. The van der Waals surface area contributed by atoms with Crippen molar-refractivity contribution in [2.24, 2.45) is 0 Å². The van der Waals surface area contributed by atoms with Crippen LogP contribution in [0, 0.1) is 0 Å². The molecule has 0 saturated carbocycles. The highest BCUT2D eigenvalue weighted by Gasteiger charge is 2.22. The lowest BCUT2D eigenvalue weighted by molar-refractivity contribution is 0.00755. The molecule has 0 radical (unpaired) electrons. The first kappa shape index (κ1) is 12.9. The van der Waals surface area contributed by atoms with Gasteiger partial charge < -0.3 is 14.6 Å². The molecule has 7 heteroatoms. The Morgan fingerprint density at radius 2 is 2.11 bits per heavy atom. The van der Waals surface area contributed by atoms with Crippen molar-refractivity contribution < 1.29 is 9.26 Å². The summed E-state index contributed by atoms with van der Waals surface area (Å²) in [5.41, 5.74) is 0.888. The molecule has 1 fully saturated rings. The summed E-state index contributed by atoms with van der Waals surface area (Å²) in [6.07, 6.45) is 3.25. The number of aromatic nitrogens is 3. The molecule has 1 saturated heterocycles. The minimum absolute atomic E-state index is 0. The molecule has 0 amide bonds. The Morgan fingerprint density at radius 3 is 2.83 bits per heavy atom. The smallest absolute Gasteiger partial charge is 0.257 e.